The second-order valence-corrected chi connectivity index (χ2v) is 22.6. The number of aliphatic hydroxyl groups excluding tert-OH is 1. The highest BCUT2D eigenvalue weighted by atomic mass is 32.1. The molecule has 6 N–H and O–H groups in total. The summed E-state index contributed by atoms with van der Waals surface area (Å²) in [6.07, 6.45) is 7.00. The van der Waals surface area contributed by atoms with Crippen LogP contribution in [0.4, 0.5) is 17.2 Å². The summed E-state index contributed by atoms with van der Waals surface area (Å²) in [4.78, 5) is 68.0. The number of ether oxygens (including phenoxy) is 1. The van der Waals surface area contributed by atoms with E-state index in [1.165, 1.54) is 4.90 Å². The number of likely N-dealkylation sites (tertiary alicyclic amines) is 1. The van der Waals surface area contributed by atoms with Crippen LogP contribution in [0.3, 0.4) is 0 Å². The fourth-order valence-corrected chi connectivity index (χ4v) is 11.3. The average Bonchev–Trinajstić information content (AvgIpc) is 4.04. The Hall–Kier alpha value is -6.79. The minimum Gasteiger partial charge on any atom is -0.507 e. The quantitative estimate of drug-likeness (QED) is 0.0467. The number of β-amino-alcohol motifs (C(OH)–C–C–N with tert-alkyl or cyclic N) is 1. The Morgan fingerprint density at radius 2 is 1.53 bits per heavy atom. The van der Waals surface area contributed by atoms with Gasteiger partial charge in [0, 0.05) is 81.5 Å². The highest BCUT2D eigenvalue weighted by molar-refractivity contribution is 7.13. The normalized spacial score (nSPS) is 18.8. The lowest BCUT2D eigenvalue weighted by Crippen LogP contribution is -2.57. The second kappa shape index (κ2) is 25.4. The van der Waals surface area contributed by atoms with E-state index in [2.05, 4.69) is 59.9 Å². The minimum absolute atomic E-state index is 0.0175. The minimum atomic E-state index is -0.875. The summed E-state index contributed by atoms with van der Waals surface area (Å²) in [5.41, 5.74) is 13.6. The molecule has 0 aliphatic carbocycles. The molecule has 3 saturated heterocycles. The zero-order valence-corrected chi connectivity index (χ0v) is 45.6. The summed E-state index contributed by atoms with van der Waals surface area (Å²) < 4.78 is 6.42. The third kappa shape index (κ3) is 14.2. The molecule has 5 atom stereocenters. The number of amides is 4. The van der Waals surface area contributed by atoms with E-state index >= 15 is 0 Å². The number of aryl methyl sites for hydroxylation is 1. The van der Waals surface area contributed by atoms with Gasteiger partial charge in [0.2, 0.25) is 23.6 Å². The molecule has 0 spiro atoms. The third-order valence-corrected chi connectivity index (χ3v) is 15.9. The van der Waals surface area contributed by atoms with Crippen LogP contribution in [-0.2, 0) is 19.2 Å². The van der Waals surface area contributed by atoms with Crippen LogP contribution in [0.15, 0.2) is 84.4 Å². The van der Waals surface area contributed by atoms with Crippen LogP contribution in [-0.4, -0.2) is 129 Å². The van der Waals surface area contributed by atoms with Crippen molar-refractivity contribution in [2.45, 2.75) is 136 Å². The monoisotopic (exact) mass is 1060 g/mol. The van der Waals surface area contributed by atoms with Gasteiger partial charge in [-0.1, -0.05) is 88.9 Å². The largest absolute Gasteiger partial charge is 0.507 e. The number of aromatic nitrogens is 3. The van der Waals surface area contributed by atoms with Crippen LogP contribution in [0, 0.1) is 12.3 Å². The molecule has 406 valence electrons. The predicted octanol–water partition coefficient (Wildman–Crippen LogP) is 8.05. The first-order chi connectivity index (χ1) is 36.5. The van der Waals surface area contributed by atoms with Crippen molar-refractivity contribution in [3.63, 3.8) is 0 Å². The maximum absolute atomic E-state index is 14.1. The van der Waals surface area contributed by atoms with Gasteiger partial charge < -0.3 is 50.9 Å². The number of nitrogen functional groups attached to an aromatic ring is 1. The number of carbonyl (C=O) groups is 4. The number of thiazole rings is 1. The number of nitrogens with one attached hydrogen (secondary N) is 2. The lowest BCUT2D eigenvalue weighted by Gasteiger charge is -2.38. The van der Waals surface area contributed by atoms with E-state index in [9.17, 15) is 29.4 Å². The summed E-state index contributed by atoms with van der Waals surface area (Å²) in [5.74, 6) is 0.0342. The molecule has 3 fully saturated rings. The number of nitrogens with two attached hydrogens (primary N) is 1. The molecule has 3 aliphatic heterocycles. The van der Waals surface area contributed by atoms with E-state index < -0.39 is 23.6 Å². The summed E-state index contributed by atoms with van der Waals surface area (Å²) in [7, 11) is 0. The molecule has 0 radical (unpaired) electrons. The first kappa shape index (κ1) is 55.4. The van der Waals surface area contributed by atoms with Gasteiger partial charge >= 0.3 is 0 Å². The molecule has 18 heteroatoms. The maximum Gasteiger partial charge on any atom is 0.246 e. The van der Waals surface area contributed by atoms with Gasteiger partial charge in [-0.3, -0.25) is 19.2 Å². The van der Waals surface area contributed by atoms with E-state index in [-0.39, 0.29) is 66.7 Å². The number of para-hydroxylation sites is 1. The van der Waals surface area contributed by atoms with Crippen LogP contribution in [0.1, 0.15) is 116 Å². The van der Waals surface area contributed by atoms with Crippen molar-refractivity contribution >= 4 is 52.2 Å². The van der Waals surface area contributed by atoms with Gasteiger partial charge in [-0.2, -0.15) is 0 Å². The SMILES string of the molecule is Cc1ncsc1-c1ccc(C(C)NC(=O)C2CC(O)CN2C(=O)C(NC(=O)CCCCCCCCC(=O)N2CCN(c3cccc(N4CCCC(Oc5cc(-c6ccccc6O)nnc5N)C4)c3)CC2)C(C)(C)C)cc1. The molecule has 5 aromatic rings. The molecule has 3 aliphatic rings. The Morgan fingerprint density at radius 1 is 0.829 bits per heavy atom. The van der Waals surface area contributed by atoms with Crippen LogP contribution < -0.4 is 30.9 Å². The zero-order chi connectivity index (χ0) is 53.9. The van der Waals surface area contributed by atoms with Crippen LogP contribution >= 0.6 is 11.3 Å². The molecule has 0 bridgehead atoms. The van der Waals surface area contributed by atoms with E-state index in [1.54, 1.807) is 35.6 Å². The highest BCUT2D eigenvalue weighted by Crippen LogP contribution is 2.34. The number of benzene rings is 3. The second-order valence-electron chi connectivity index (χ2n) is 21.7. The molecule has 3 aromatic carbocycles. The lowest BCUT2D eigenvalue weighted by atomic mass is 9.85. The number of unbranched alkanes of at least 4 members (excludes halogenated alkanes) is 5. The number of hydrogen-bond acceptors (Lipinski definition) is 14. The number of carbonyl (C=O) groups excluding carboxylic acids is 4. The van der Waals surface area contributed by atoms with Gasteiger partial charge in [0.15, 0.2) is 11.6 Å². The summed E-state index contributed by atoms with van der Waals surface area (Å²) in [5, 5.41) is 35.4. The number of hydrogen-bond donors (Lipinski definition) is 5. The molecular weight excluding hydrogens is 981 g/mol. The number of aliphatic hydroxyl groups is 1. The van der Waals surface area contributed by atoms with Crippen molar-refractivity contribution in [3.05, 3.63) is 95.6 Å². The third-order valence-electron chi connectivity index (χ3n) is 14.9. The summed E-state index contributed by atoms with van der Waals surface area (Å²) >= 11 is 1.58. The zero-order valence-electron chi connectivity index (χ0n) is 44.7. The molecular formula is C58H76N10O7S. The van der Waals surface area contributed by atoms with Gasteiger partial charge in [0.1, 0.15) is 29.6 Å². The summed E-state index contributed by atoms with van der Waals surface area (Å²) in [6.45, 7) is 14.0. The molecule has 17 nitrogen and oxygen atoms in total. The van der Waals surface area contributed by atoms with Gasteiger partial charge in [-0.05, 0) is 86.4 Å². The van der Waals surface area contributed by atoms with Gasteiger partial charge in [0.05, 0.1) is 34.8 Å². The van der Waals surface area contributed by atoms with Crippen molar-refractivity contribution in [2.24, 2.45) is 5.41 Å². The Bertz CT molecular complexity index is 2780. The van der Waals surface area contributed by atoms with E-state index in [0.29, 0.717) is 49.5 Å². The molecule has 0 saturated carbocycles. The number of nitrogens with zero attached hydrogens (tertiary/aromatic N) is 7. The molecule has 8 rings (SSSR count). The molecule has 5 heterocycles. The molecule has 2 aromatic heterocycles. The predicted molar refractivity (Wildman–Crippen MR) is 298 cm³/mol. The van der Waals surface area contributed by atoms with E-state index in [1.807, 2.05) is 75.4 Å². The average molecular weight is 1060 g/mol. The van der Waals surface area contributed by atoms with Crippen molar-refractivity contribution < 1.29 is 34.1 Å². The fourth-order valence-electron chi connectivity index (χ4n) is 10.5. The van der Waals surface area contributed by atoms with Gasteiger partial charge in [0.25, 0.3) is 0 Å². The van der Waals surface area contributed by atoms with Crippen LogP contribution in [0.2, 0.25) is 0 Å². The Labute approximate surface area is 451 Å². The summed E-state index contributed by atoms with van der Waals surface area (Å²) in [6, 6.07) is 23.2. The Balaban J connectivity index is 0.712. The molecule has 5 unspecified atom stereocenters. The van der Waals surface area contributed by atoms with E-state index in [4.69, 9.17) is 10.5 Å². The smallest absolute Gasteiger partial charge is 0.246 e. The highest BCUT2D eigenvalue weighted by Gasteiger charge is 2.45. The van der Waals surface area contributed by atoms with Crippen LogP contribution in [0.25, 0.3) is 21.7 Å². The fraction of sp³-hybridized carbons (Fsp3) is 0.500. The number of phenolic OH excluding ortho intramolecular Hbond substituents is 1. The maximum atomic E-state index is 14.1. The standard InChI is InChI=1S/C58H76N10O7S/c1-38(40-23-25-41(26-24-40)53-39(2)60-37-76-53)61-56(73)48-33-44(69)35-68(48)57(74)54(58(3,4)5)62-51(71)21-10-8-6-7-9-11-22-52(72)66-30-28-65(29-31-66)42-16-14-17-43(32-42)67-27-15-18-45(36-67)75-50-34-47(63-64-55(50)59)46-19-12-13-20-49(46)70/h12-14,16-17,19-20,23-26,32,34,37-38,44-45,48,54,69-70H,6-11,15,18,21-22,27-31,33,35-36H2,1-5H3,(H2,59,64)(H,61,73)(H,62,71). The number of piperidine rings is 1. The molecule has 76 heavy (non-hydrogen) atoms. The number of anilines is 3. The number of piperazine rings is 1. The number of aromatic hydroxyl groups is 1. The van der Waals surface area contributed by atoms with E-state index in [0.717, 1.165) is 97.7 Å². The first-order valence-electron chi connectivity index (χ1n) is 27.1. The lowest BCUT2D eigenvalue weighted by molar-refractivity contribution is -0.144. The van der Waals surface area contributed by atoms with Crippen LogP contribution in [0.5, 0.6) is 11.5 Å². The van der Waals surface area contributed by atoms with Crippen molar-refractivity contribution in [1.82, 2.24) is 35.6 Å². The Morgan fingerprint density at radius 3 is 2.22 bits per heavy atom. The number of rotatable bonds is 20. The van der Waals surface area contributed by atoms with Crippen molar-refractivity contribution in [3.8, 4) is 33.2 Å². The Kier molecular flexibility index (Phi) is 18.5. The van der Waals surface area contributed by atoms with Crippen molar-refractivity contribution in [1.29, 1.82) is 0 Å². The molecule has 4 amide bonds. The topological polar surface area (TPSA) is 220 Å². The van der Waals surface area contributed by atoms with Gasteiger partial charge in [-0.25, -0.2) is 4.98 Å². The number of phenols is 1. The van der Waals surface area contributed by atoms with Crippen molar-refractivity contribution in [2.75, 3.05) is 61.3 Å². The van der Waals surface area contributed by atoms with Gasteiger partial charge in [-0.15, -0.1) is 21.5 Å². The first-order valence-corrected chi connectivity index (χ1v) is 27.9.